The molecule has 0 amide bonds. The Bertz CT molecular complexity index is 2920. The summed E-state index contributed by atoms with van der Waals surface area (Å²) in [6, 6.07) is 56.2. The lowest BCUT2D eigenvalue weighted by Gasteiger charge is -2.42. The highest BCUT2D eigenvalue weighted by molar-refractivity contribution is 6.21. The first-order valence-corrected chi connectivity index (χ1v) is 19.3. The average molecular weight is 711 g/mol. The normalized spacial score (nSPS) is 14.7. The Kier molecular flexibility index (Phi) is 7.60. The van der Waals surface area contributed by atoms with Crippen molar-refractivity contribution in [2.75, 3.05) is 0 Å². The molecule has 4 nitrogen and oxygen atoms in total. The fourth-order valence-corrected chi connectivity index (χ4v) is 8.73. The van der Waals surface area contributed by atoms with E-state index < -0.39 is 0 Å². The van der Waals surface area contributed by atoms with E-state index in [0.29, 0.717) is 17.5 Å². The van der Waals surface area contributed by atoms with Gasteiger partial charge in [0.15, 0.2) is 17.5 Å². The van der Waals surface area contributed by atoms with Crippen LogP contribution in [0, 0.1) is 0 Å². The number of fused-ring (bicyclic) bond motifs is 6. The van der Waals surface area contributed by atoms with Crippen LogP contribution in [0.4, 0.5) is 0 Å². The van der Waals surface area contributed by atoms with Crippen molar-refractivity contribution in [3.63, 3.8) is 0 Å². The van der Waals surface area contributed by atoms with E-state index in [1.165, 1.54) is 50.1 Å². The minimum absolute atomic E-state index is 0.0805. The zero-order valence-electron chi connectivity index (χ0n) is 31.7. The zero-order chi connectivity index (χ0) is 37.3. The summed E-state index contributed by atoms with van der Waals surface area (Å²) in [5, 5.41) is 5.13. The van der Waals surface area contributed by atoms with Crippen LogP contribution in [0.25, 0.3) is 83.6 Å². The van der Waals surface area contributed by atoms with Crippen molar-refractivity contribution in [1.29, 1.82) is 0 Å². The van der Waals surface area contributed by atoms with Crippen molar-refractivity contribution >= 4 is 32.6 Å². The van der Waals surface area contributed by atoms with Gasteiger partial charge in [0.25, 0.3) is 0 Å². The summed E-state index contributed by atoms with van der Waals surface area (Å²) in [5.41, 5.74) is 11.7. The molecule has 0 radical (unpaired) electrons. The molecule has 2 heterocycles. The van der Waals surface area contributed by atoms with E-state index in [1.54, 1.807) is 0 Å². The van der Waals surface area contributed by atoms with Crippen LogP contribution in [0.1, 0.15) is 51.7 Å². The summed E-state index contributed by atoms with van der Waals surface area (Å²) in [5.74, 6) is 1.94. The molecule has 0 fully saturated rings. The van der Waals surface area contributed by atoms with E-state index >= 15 is 0 Å². The van der Waals surface area contributed by atoms with Gasteiger partial charge in [0, 0.05) is 33.2 Å². The lowest BCUT2D eigenvalue weighted by molar-refractivity contribution is 0.332. The Balaban J connectivity index is 1.20. The third-order valence-corrected chi connectivity index (χ3v) is 11.9. The third-order valence-electron chi connectivity index (χ3n) is 11.9. The maximum atomic E-state index is 5.18. The zero-order valence-corrected chi connectivity index (χ0v) is 31.7. The number of rotatable bonds is 5. The first kappa shape index (κ1) is 33.2. The number of aromatic nitrogens is 4. The van der Waals surface area contributed by atoms with Crippen molar-refractivity contribution in [2.24, 2.45) is 0 Å². The second-order valence-corrected chi connectivity index (χ2v) is 16.4. The molecule has 1 aliphatic carbocycles. The molecule has 4 heteroatoms. The maximum Gasteiger partial charge on any atom is 0.164 e. The Labute approximate surface area is 322 Å². The van der Waals surface area contributed by atoms with Crippen LogP contribution in [0.5, 0.6) is 0 Å². The molecule has 9 aromatic rings. The van der Waals surface area contributed by atoms with E-state index in [1.807, 2.05) is 24.3 Å². The minimum Gasteiger partial charge on any atom is -0.309 e. The first-order chi connectivity index (χ1) is 26.7. The molecule has 1 aliphatic rings. The summed E-state index contributed by atoms with van der Waals surface area (Å²) in [7, 11) is 0. The van der Waals surface area contributed by atoms with Gasteiger partial charge in [-0.2, -0.15) is 0 Å². The number of benzene rings is 7. The summed E-state index contributed by atoms with van der Waals surface area (Å²) in [6.45, 7) is 9.65. The van der Waals surface area contributed by atoms with Crippen LogP contribution < -0.4 is 0 Å². The minimum atomic E-state index is 0.0805. The van der Waals surface area contributed by atoms with Gasteiger partial charge in [-0.05, 0) is 93.1 Å². The molecule has 0 saturated carbocycles. The van der Waals surface area contributed by atoms with Gasteiger partial charge >= 0.3 is 0 Å². The molecule has 7 aromatic carbocycles. The summed E-state index contributed by atoms with van der Waals surface area (Å²) < 4.78 is 2.46. The third kappa shape index (κ3) is 5.63. The Hall–Kier alpha value is -6.39. The summed E-state index contributed by atoms with van der Waals surface area (Å²) in [4.78, 5) is 15.4. The van der Waals surface area contributed by atoms with E-state index in [0.717, 1.165) is 39.9 Å². The second-order valence-electron chi connectivity index (χ2n) is 16.4. The molecule has 10 rings (SSSR count). The van der Waals surface area contributed by atoms with Crippen LogP contribution in [-0.2, 0) is 10.8 Å². The van der Waals surface area contributed by atoms with Gasteiger partial charge in [0.2, 0.25) is 0 Å². The fraction of sp³-hybridized carbons (Fsp3) is 0.157. The van der Waals surface area contributed by atoms with Crippen molar-refractivity contribution in [3.05, 3.63) is 169 Å². The van der Waals surface area contributed by atoms with Gasteiger partial charge in [-0.1, -0.05) is 149 Å². The van der Waals surface area contributed by atoms with E-state index in [9.17, 15) is 0 Å². The Morgan fingerprint density at radius 2 is 0.964 bits per heavy atom. The van der Waals surface area contributed by atoms with E-state index in [-0.39, 0.29) is 10.8 Å². The molecule has 0 aliphatic heterocycles. The molecule has 55 heavy (non-hydrogen) atoms. The monoisotopic (exact) mass is 710 g/mol. The van der Waals surface area contributed by atoms with Crippen molar-refractivity contribution < 1.29 is 0 Å². The van der Waals surface area contributed by atoms with Crippen LogP contribution in [0.2, 0.25) is 0 Å². The number of hydrogen-bond acceptors (Lipinski definition) is 3. The smallest absolute Gasteiger partial charge is 0.164 e. The van der Waals surface area contributed by atoms with E-state index in [2.05, 4.69) is 166 Å². The van der Waals surface area contributed by atoms with Crippen molar-refractivity contribution in [3.8, 4) is 51.0 Å². The van der Waals surface area contributed by atoms with Crippen LogP contribution in [-0.4, -0.2) is 19.5 Å². The summed E-state index contributed by atoms with van der Waals surface area (Å²) in [6.07, 6.45) is 2.34. The second kappa shape index (κ2) is 12.6. The van der Waals surface area contributed by atoms with Gasteiger partial charge in [-0.3, -0.25) is 0 Å². The molecule has 0 bridgehead atoms. The lowest BCUT2D eigenvalue weighted by atomic mass is 9.63. The van der Waals surface area contributed by atoms with Gasteiger partial charge in [-0.25, -0.2) is 15.0 Å². The van der Waals surface area contributed by atoms with Crippen LogP contribution >= 0.6 is 0 Å². The van der Waals surface area contributed by atoms with Gasteiger partial charge in [-0.15, -0.1) is 0 Å². The van der Waals surface area contributed by atoms with Gasteiger partial charge in [0.1, 0.15) is 0 Å². The average Bonchev–Trinajstić information content (AvgIpc) is 3.57. The van der Waals surface area contributed by atoms with Crippen LogP contribution in [0.3, 0.4) is 0 Å². The molecule has 0 atom stereocenters. The molecule has 266 valence electrons. The molecular formula is C51H42N4. The number of nitrogens with zero attached hydrogens (tertiary/aromatic N) is 4. The molecule has 2 aromatic heterocycles. The fourth-order valence-electron chi connectivity index (χ4n) is 8.73. The largest absolute Gasteiger partial charge is 0.309 e. The first-order valence-electron chi connectivity index (χ1n) is 19.3. The van der Waals surface area contributed by atoms with Crippen molar-refractivity contribution in [2.45, 2.75) is 51.4 Å². The highest BCUT2D eigenvalue weighted by Gasteiger charge is 2.38. The Morgan fingerprint density at radius 3 is 1.67 bits per heavy atom. The molecule has 0 unspecified atom stereocenters. The lowest BCUT2D eigenvalue weighted by Crippen LogP contribution is -2.33. The van der Waals surface area contributed by atoms with Crippen molar-refractivity contribution in [1.82, 2.24) is 19.5 Å². The van der Waals surface area contributed by atoms with Crippen LogP contribution in [0.15, 0.2) is 158 Å². The quantitative estimate of drug-likeness (QED) is 0.179. The Morgan fingerprint density at radius 1 is 0.418 bits per heavy atom. The standard InChI is InChI=1S/C51H42N4/c1-50(2)27-28-51(3,4)43-32-45-41(31-42(43)50)46-40-24-12-11-17-34(40)25-26-44(46)55(45)39-23-14-22-38(30-39)49-53-47(35-18-9-6-10-19-35)52-48(54-49)37-21-13-20-36(29-37)33-15-7-5-8-16-33/h5-26,29-32H,27-28H2,1-4H3. The van der Waals surface area contributed by atoms with Gasteiger partial charge < -0.3 is 4.57 Å². The SMILES string of the molecule is CC1(C)CCC(C)(C)c2cc3c(cc21)c1c2ccccc2ccc1n3-c1cccc(-c2nc(-c3ccccc3)nc(-c3cccc(-c4ccccc4)c3)n2)c1. The topological polar surface area (TPSA) is 43.6 Å². The highest BCUT2D eigenvalue weighted by atomic mass is 15.0. The predicted octanol–water partition coefficient (Wildman–Crippen LogP) is 13.1. The summed E-state index contributed by atoms with van der Waals surface area (Å²) >= 11 is 0. The van der Waals surface area contributed by atoms with Gasteiger partial charge in [0.05, 0.1) is 11.0 Å². The molecule has 0 N–H and O–H groups in total. The molecule has 0 spiro atoms. The number of hydrogen-bond donors (Lipinski definition) is 0. The highest BCUT2D eigenvalue weighted by Crippen LogP contribution is 2.49. The maximum absolute atomic E-state index is 5.18. The van der Waals surface area contributed by atoms with E-state index in [4.69, 9.17) is 15.0 Å². The molecule has 0 saturated heterocycles. The molecular weight excluding hydrogens is 669 g/mol. The predicted molar refractivity (Wildman–Crippen MR) is 229 cm³/mol.